The van der Waals surface area contributed by atoms with E-state index in [9.17, 15) is 4.79 Å². The van der Waals surface area contributed by atoms with Crippen molar-refractivity contribution < 1.29 is 4.79 Å². The van der Waals surface area contributed by atoms with Gasteiger partial charge in [0.15, 0.2) is 0 Å². The van der Waals surface area contributed by atoms with Gasteiger partial charge in [-0.3, -0.25) is 4.79 Å². The zero-order chi connectivity index (χ0) is 12.0. The molecule has 0 aliphatic rings. The van der Waals surface area contributed by atoms with Gasteiger partial charge in [0.2, 0.25) is 5.91 Å². The van der Waals surface area contributed by atoms with E-state index in [-0.39, 0.29) is 5.91 Å². The van der Waals surface area contributed by atoms with Crippen molar-refractivity contribution in [1.82, 2.24) is 10.2 Å². The van der Waals surface area contributed by atoms with E-state index in [1.807, 2.05) is 18.7 Å². The molecule has 0 saturated carbocycles. The quantitative estimate of drug-likeness (QED) is 0.875. The third-order valence-electron chi connectivity index (χ3n) is 2.34. The molecule has 1 aromatic heterocycles. The molecule has 1 rings (SSSR count). The highest BCUT2D eigenvalue weighted by Gasteiger charge is 2.08. The molecule has 16 heavy (non-hydrogen) atoms. The van der Waals surface area contributed by atoms with Crippen LogP contribution in [0.25, 0.3) is 0 Å². The number of carbonyl (C=O) groups excluding carboxylic acids is 1. The van der Waals surface area contributed by atoms with Gasteiger partial charge in [0.05, 0.1) is 10.3 Å². The lowest BCUT2D eigenvalue weighted by atomic mass is 10.3. The van der Waals surface area contributed by atoms with Gasteiger partial charge < -0.3 is 10.2 Å². The van der Waals surface area contributed by atoms with E-state index in [2.05, 4.69) is 32.7 Å². The van der Waals surface area contributed by atoms with Crippen LogP contribution in [0.2, 0.25) is 0 Å². The van der Waals surface area contributed by atoms with Crippen molar-refractivity contribution in [2.24, 2.45) is 0 Å². The van der Waals surface area contributed by atoms with E-state index in [4.69, 9.17) is 0 Å². The molecule has 0 aliphatic carbocycles. The Bertz CT molecular complexity index is 336. The fourth-order valence-corrected chi connectivity index (χ4v) is 2.65. The number of hydrogen-bond donors (Lipinski definition) is 1. The molecule has 0 unspecified atom stereocenters. The Hall–Kier alpha value is -0.390. The first-order chi connectivity index (χ1) is 7.67. The van der Waals surface area contributed by atoms with E-state index in [1.54, 1.807) is 11.3 Å². The van der Waals surface area contributed by atoms with Crippen molar-refractivity contribution in [1.29, 1.82) is 0 Å². The summed E-state index contributed by atoms with van der Waals surface area (Å²) in [7, 11) is 0. The maximum Gasteiger partial charge on any atom is 0.236 e. The van der Waals surface area contributed by atoms with Crippen molar-refractivity contribution in [3.8, 4) is 0 Å². The minimum Gasteiger partial charge on any atom is -0.342 e. The average Bonchev–Trinajstić information content (AvgIpc) is 2.66. The highest BCUT2D eigenvalue weighted by atomic mass is 79.9. The lowest BCUT2D eigenvalue weighted by molar-refractivity contribution is -0.129. The topological polar surface area (TPSA) is 32.3 Å². The standard InChI is InChI=1S/C11H17BrN2OS/c1-3-14(4-2)11(15)7-13-6-9-5-10(12)16-8-9/h5,8,13H,3-4,6-7H2,1-2H3. The molecule has 5 heteroatoms. The molecule has 1 aromatic rings. The van der Waals surface area contributed by atoms with Gasteiger partial charge in [-0.25, -0.2) is 0 Å². The zero-order valence-corrected chi connectivity index (χ0v) is 12.0. The summed E-state index contributed by atoms with van der Waals surface area (Å²) in [5, 5.41) is 5.24. The molecular weight excluding hydrogens is 288 g/mol. The van der Waals surface area contributed by atoms with Crippen LogP contribution in [0.5, 0.6) is 0 Å². The number of carbonyl (C=O) groups is 1. The highest BCUT2D eigenvalue weighted by molar-refractivity contribution is 9.11. The third kappa shape index (κ3) is 4.23. The normalized spacial score (nSPS) is 10.4. The molecule has 1 N–H and O–H groups in total. The largest absolute Gasteiger partial charge is 0.342 e. The Labute approximate surface area is 109 Å². The van der Waals surface area contributed by atoms with Gasteiger partial charge in [-0.2, -0.15) is 0 Å². The summed E-state index contributed by atoms with van der Waals surface area (Å²) in [6, 6.07) is 2.07. The zero-order valence-electron chi connectivity index (χ0n) is 9.62. The second kappa shape index (κ2) is 7.04. The van der Waals surface area contributed by atoms with E-state index in [0.29, 0.717) is 6.54 Å². The van der Waals surface area contributed by atoms with Crippen LogP contribution in [-0.4, -0.2) is 30.4 Å². The SMILES string of the molecule is CCN(CC)C(=O)CNCc1csc(Br)c1. The minimum absolute atomic E-state index is 0.166. The molecule has 3 nitrogen and oxygen atoms in total. The Kier molecular flexibility index (Phi) is 6.01. The summed E-state index contributed by atoms with van der Waals surface area (Å²) in [5.74, 6) is 0.166. The van der Waals surface area contributed by atoms with E-state index >= 15 is 0 Å². The Balaban J connectivity index is 2.27. The fraction of sp³-hybridized carbons (Fsp3) is 0.545. The molecule has 0 fully saturated rings. The van der Waals surface area contributed by atoms with Crippen molar-refractivity contribution in [2.75, 3.05) is 19.6 Å². The first-order valence-electron chi connectivity index (χ1n) is 5.38. The van der Waals surface area contributed by atoms with Crippen LogP contribution in [0.1, 0.15) is 19.4 Å². The van der Waals surface area contributed by atoms with Crippen LogP contribution in [-0.2, 0) is 11.3 Å². The molecule has 0 bridgehead atoms. The molecule has 0 atom stereocenters. The monoisotopic (exact) mass is 304 g/mol. The molecule has 90 valence electrons. The number of rotatable bonds is 6. The number of amides is 1. The van der Waals surface area contributed by atoms with Gasteiger partial charge in [0, 0.05) is 19.6 Å². The molecule has 0 saturated heterocycles. The van der Waals surface area contributed by atoms with Gasteiger partial charge in [-0.05, 0) is 46.8 Å². The van der Waals surface area contributed by atoms with E-state index in [0.717, 1.165) is 23.4 Å². The van der Waals surface area contributed by atoms with Crippen LogP contribution in [0, 0.1) is 0 Å². The molecular formula is C11H17BrN2OS. The summed E-state index contributed by atoms with van der Waals surface area (Å²) in [5.41, 5.74) is 1.21. The Morgan fingerprint density at radius 1 is 1.50 bits per heavy atom. The molecule has 0 spiro atoms. The number of hydrogen-bond acceptors (Lipinski definition) is 3. The molecule has 1 heterocycles. The van der Waals surface area contributed by atoms with Gasteiger partial charge in [-0.15, -0.1) is 11.3 Å². The van der Waals surface area contributed by atoms with Crippen molar-refractivity contribution >= 4 is 33.2 Å². The Morgan fingerprint density at radius 3 is 2.69 bits per heavy atom. The van der Waals surface area contributed by atoms with Crippen molar-refractivity contribution in [2.45, 2.75) is 20.4 Å². The van der Waals surface area contributed by atoms with Gasteiger partial charge in [0.1, 0.15) is 0 Å². The van der Waals surface area contributed by atoms with Gasteiger partial charge in [0.25, 0.3) is 0 Å². The van der Waals surface area contributed by atoms with Crippen LogP contribution < -0.4 is 5.32 Å². The summed E-state index contributed by atoms with van der Waals surface area (Å²) in [6.07, 6.45) is 0. The maximum atomic E-state index is 11.7. The summed E-state index contributed by atoms with van der Waals surface area (Å²) in [4.78, 5) is 13.5. The number of thiophene rings is 1. The predicted molar refractivity (Wildman–Crippen MR) is 71.7 cm³/mol. The van der Waals surface area contributed by atoms with Crippen LogP contribution in [0.15, 0.2) is 15.2 Å². The lowest BCUT2D eigenvalue weighted by Gasteiger charge is -2.18. The van der Waals surface area contributed by atoms with Gasteiger partial charge in [-0.1, -0.05) is 0 Å². The predicted octanol–water partition coefficient (Wildman–Crippen LogP) is 2.47. The second-order valence-corrected chi connectivity index (χ2v) is 5.72. The highest BCUT2D eigenvalue weighted by Crippen LogP contribution is 2.20. The average molecular weight is 305 g/mol. The molecule has 1 amide bonds. The smallest absolute Gasteiger partial charge is 0.236 e. The van der Waals surface area contributed by atoms with Crippen molar-refractivity contribution in [3.05, 3.63) is 20.8 Å². The van der Waals surface area contributed by atoms with Crippen LogP contribution in [0.4, 0.5) is 0 Å². The van der Waals surface area contributed by atoms with Crippen LogP contribution >= 0.6 is 27.3 Å². The molecule has 0 radical (unpaired) electrons. The first kappa shape index (κ1) is 13.7. The third-order valence-corrected chi connectivity index (χ3v) is 3.90. The minimum atomic E-state index is 0.166. The second-order valence-electron chi connectivity index (χ2n) is 3.43. The number of halogens is 1. The maximum absolute atomic E-state index is 11.7. The molecule has 0 aliphatic heterocycles. The van der Waals surface area contributed by atoms with Gasteiger partial charge >= 0.3 is 0 Å². The number of nitrogens with one attached hydrogen (secondary N) is 1. The Morgan fingerprint density at radius 2 is 2.19 bits per heavy atom. The first-order valence-corrected chi connectivity index (χ1v) is 7.06. The van der Waals surface area contributed by atoms with Crippen molar-refractivity contribution in [3.63, 3.8) is 0 Å². The van der Waals surface area contributed by atoms with E-state index < -0.39 is 0 Å². The number of nitrogens with zero attached hydrogens (tertiary/aromatic N) is 1. The summed E-state index contributed by atoms with van der Waals surface area (Å²) < 4.78 is 1.12. The fourth-order valence-electron chi connectivity index (χ4n) is 1.44. The molecule has 0 aromatic carbocycles. The summed E-state index contributed by atoms with van der Waals surface area (Å²) in [6.45, 7) is 6.71. The summed E-state index contributed by atoms with van der Waals surface area (Å²) >= 11 is 5.07. The van der Waals surface area contributed by atoms with Crippen LogP contribution in [0.3, 0.4) is 0 Å². The lowest BCUT2D eigenvalue weighted by Crippen LogP contribution is -2.37. The number of likely N-dealkylation sites (N-methyl/N-ethyl adjacent to an activating group) is 1. The van der Waals surface area contributed by atoms with E-state index in [1.165, 1.54) is 5.56 Å².